The quantitative estimate of drug-likeness (QED) is 0.452. The van der Waals surface area contributed by atoms with Gasteiger partial charge in [0.25, 0.3) is 0 Å². The first-order chi connectivity index (χ1) is 16.8. The minimum Gasteiger partial charge on any atom is -0.454 e. The smallest absolute Gasteiger partial charge is 0.231 e. The SMILES string of the molecule is CC(C)[C@@H]1[C@@H]2[C@H](C(=O)N1Cc1ccc3c(c1)OCO3)[C@H](c1ccc(C(=N)N)cc1)N1C[C@H](O)C[C@@H]21. The molecule has 0 unspecified atom stereocenters. The number of nitrogen functional groups attached to an aromatic ring is 1. The van der Waals surface area contributed by atoms with Gasteiger partial charge in [-0.15, -0.1) is 0 Å². The molecule has 4 N–H and O–H groups in total. The van der Waals surface area contributed by atoms with Gasteiger partial charge in [0.15, 0.2) is 11.5 Å². The minimum absolute atomic E-state index is 0.0297. The van der Waals surface area contributed by atoms with E-state index in [1.165, 1.54) is 0 Å². The molecule has 3 saturated heterocycles. The van der Waals surface area contributed by atoms with Gasteiger partial charge < -0.3 is 25.2 Å². The molecular weight excluding hydrogens is 444 g/mol. The second-order valence-corrected chi connectivity index (χ2v) is 10.6. The summed E-state index contributed by atoms with van der Waals surface area (Å²) in [5, 5.41) is 18.3. The lowest BCUT2D eigenvalue weighted by Gasteiger charge is -2.35. The lowest BCUT2D eigenvalue weighted by atomic mass is 9.78. The number of carbonyl (C=O) groups excluding carboxylic acids is 1. The number of nitrogens with two attached hydrogens (primary N) is 1. The van der Waals surface area contributed by atoms with Crippen molar-refractivity contribution in [2.24, 2.45) is 23.5 Å². The summed E-state index contributed by atoms with van der Waals surface area (Å²) in [5.74, 6) is 1.93. The van der Waals surface area contributed by atoms with Gasteiger partial charge in [0, 0.05) is 42.7 Å². The van der Waals surface area contributed by atoms with Crippen LogP contribution in [0.5, 0.6) is 11.5 Å². The van der Waals surface area contributed by atoms with Gasteiger partial charge in [0.05, 0.1) is 12.0 Å². The van der Waals surface area contributed by atoms with E-state index in [1.807, 2.05) is 42.5 Å². The van der Waals surface area contributed by atoms with E-state index in [-0.39, 0.29) is 60.5 Å². The van der Waals surface area contributed by atoms with Crippen LogP contribution in [0.1, 0.15) is 43.0 Å². The van der Waals surface area contributed by atoms with Crippen LogP contribution in [0.15, 0.2) is 42.5 Å². The number of aliphatic hydroxyl groups excluding tert-OH is 1. The summed E-state index contributed by atoms with van der Waals surface area (Å²) >= 11 is 0. The van der Waals surface area contributed by atoms with E-state index in [2.05, 4.69) is 23.6 Å². The lowest BCUT2D eigenvalue weighted by molar-refractivity contribution is -0.134. The predicted octanol–water partition coefficient (Wildman–Crippen LogP) is 2.49. The molecule has 4 aliphatic rings. The highest BCUT2D eigenvalue weighted by Crippen LogP contribution is 2.56. The molecule has 4 aliphatic heterocycles. The van der Waals surface area contributed by atoms with Crippen molar-refractivity contribution in [1.29, 1.82) is 5.41 Å². The van der Waals surface area contributed by atoms with Gasteiger partial charge in [-0.2, -0.15) is 0 Å². The van der Waals surface area contributed by atoms with E-state index < -0.39 is 0 Å². The molecule has 1 amide bonds. The molecule has 6 rings (SSSR count). The Morgan fingerprint density at radius 1 is 1.17 bits per heavy atom. The van der Waals surface area contributed by atoms with Gasteiger partial charge in [0.1, 0.15) is 5.84 Å². The average molecular weight is 477 g/mol. The zero-order chi connectivity index (χ0) is 24.4. The number of amides is 1. The van der Waals surface area contributed by atoms with Crippen molar-refractivity contribution in [2.75, 3.05) is 13.3 Å². The molecule has 8 nitrogen and oxygen atoms in total. The maximum atomic E-state index is 14.1. The fourth-order valence-electron chi connectivity index (χ4n) is 6.99. The third-order valence-corrected chi connectivity index (χ3v) is 8.28. The minimum atomic E-state index is -0.384. The zero-order valence-electron chi connectivity index (χ0n) is 20.1. The fraction of sp³-hybridized carbons (Fsp3) is 0.481. The molecule has 0 spiro atoms. The van der Waals surface area contributed by atoms with Crippen LogP contribution in [0.4, 0.5) is 0 Å². The molecule has 3 fully saturated rings. The third kappa shape index (κ3) is 3.50. The molecule has 4 heterocycles. The van der Waals surface area contributed by atoms with E-state index in [1.54, 1.807) is 0 Å². The molecule has 184 valence electrons. The number of hydrogen-bond acceptors (Lipinski definition) is 6. The number of rotatable bonds is 5. The summed E-state index contributed by atoms with van der Waals surface area (Å²) in [5.41, 5.74) is 8.41. The number of likely N-dealkylation sites (tertiary alicyclic amines) is 1. The molecule has 2 aromatic rings. The van der Waals surface area contributed by atoms with Gasteiger partial charge in [-0.25, -0.2) is 0 Å². The van der Waals surface area contributed by atoms with Crippen molar-refractivity contribution in [3.8, 4) is 11.5 Å². The second kappa shape index (κ2) is 8.24. The Morgan fingerprint density at radius 2 is 1.91 bits per heavy atom. The number of fused-ring (bicyclic) bond motifs is 4. The van der Waals surface area contributed by atoms with Crippen molar-refractivity contribution < 1.29 is 19.4 Å². The summed E-state index contributed by atoms with van der Waals surface area (Å²) in [7, 11) is 0. The Morgan fingerprint density at radius 3 is 2.63 bits per heavy atom. The Kier molecular flexibility index (Phi) is 5.27. The summed E-state index contributed by atoms with van der Waals surface area (Å²) in [6.07, 6.45) is 0.308. The molecule has 0 aromatic heterocycles. The Bertz CT molecular complexity index is 1170. The van der Waals surface area contributed by atoms with Crippen molar-refractivity contribution >= 4 is 11.7 Å². The summed E-state index contributed by atoms with van der Waals surface area (Å²) < 4.78 is 11.0. The molecule has 0 saturated carbocycles. The maximum Gasteiger partial charge on any atom is 0.231 e. The monoisotopic (exact) mass is 476 g/mol. The molecular formula is C27H32N4O4. The topological polar surface area (TPSA) is 112 Å². The first-order valence-corrected chi connectivity index (χ1v) is 12.4. The van der Waals surface area contributed by atoms with Crippen LogP contribution in [0.3, 0.4) is 0 Å². The second-order valence-electron chi connectivity index (χ2n) is 10.6. The number of benzene rings is 2. The number of aliphatic hydroxyl groups is 1. The van der Waals surface area contributed by atoms with E-state index in [9.17, 15) is 9.90 Å². The predicted molar refractivity (Wildman–Crippen MR) is 130 cm³/mol. The molecule has 2 aromatic carbocycles. The highest BCUT2D eigenvalue weighted by molar-refractivity contribution is 5.95. The largest absolute Gasteiger partial charge is 0.454 e. The van der Waals surface area contributed by atoms with Crippen LogP contribution in [0, 0.1) is 23.2 Å². The number of amidine groups is 1. The summed E-state index contributed by atoms with van der Waals surface area (Å²) in [4.78, 5) is 18.6. The average Bonchev–Trinajstić information content (AvgIpc) is 3.56. The molecule has 35 heavy (non-hydrogen) atoms. The van der Waals surface area contributed by atoms with Gasteiger partial charge in [-0.05, 0) is 35.6 Å². The van der Waals surface area contributed by atoms with Crippen LogP contribution in [0.2, 0.25) is 0 Å². The summed E-state index contributed by atoms with van der Waals surface area (Å²) in [6, 6.07) is 13.7. The van der Waals surface area contributed by atoms with Crippen molar-refractivity contribution in [1.82, 2.24) is 9.80 Å². The Labute approximate surface area is 205 Å². The molecule has 0 aliphatic carbocycles. The van der Waals surface area contributed by atoms with Gasteiger partial charge in [-0.1, -0.05) is 44.2 Å². The zero-order valence-corrected chi connectivity index (χ0v) is 20.1. The highest BCUT2D eigenvalue weighted by atomic mass is 16.7. The van der Waals surface area contributed by atoms with Crippen LogP contribution in [0.25, 0.3) is 0 Å². The number of nitrogens with zero attached hydrogens (tertiary/aromatic N) is 2. The number of carbonyl (C=O) groups is 1. The summed E-state index contributed by atoms with van der Waals surface area (Å²) in [6.45, 7) is 5.72. The third-order valence-electron chi connectivity index (χ3n) is 8.28. The van der Waals surface area contributed by atoms with Crippen molar-refractivity contribution in [3.63, 3.8) is 0 Å². The van der Waals surface area contributed by atoms with Crippen LogP contribution in [-0.2, 0) is 11.3 Å². The van der Waals surface area contributed by atoms with Crippen molar-refractivity contribution in [3.05, 3.63) is 59.2 Å². The number of ether oxygens (including phenoxy) is 2. The lowest BCUT2D eigenvalue weighted by Crippen LogP contribution is -2.44. The van der Waals surface area contributed by atoms with Crippen molar-refractivity contribution in [2.45, 2.75) is 51.0 Å². The van der Waals surface area contributed by atoms with Gasteiger partial charge in [0.2, 0.25) is 12.7 Å². The van der Waals surface area contributed by atoms with Gasteiger partial charge >= 0.3 is 0 Å². The molecule has 8 heteroatoms. The van der Waals surface area contributed by atoms with E-state index in [4.69, 9.17) is 20.6 Å². The standard InChI is InChI=1S/C27H32N4O4/c1-14(2)24-22-19-10-18(32)12-30(19)25(16-4-6-17(7-5-16)26(28)29)23(22)27(33)31(24)11-15-3-8-20-21(9-15)35-13-34-20/h3-9,14,18-19,22-25,32H,10-13H2,1-2H3,(H3,28,29)/t18-,19+,22+,23+,24-,25+/m1/s1. The fourth-order valence-corrected chi connectivity index (χ4v) is 6.99. The maximum absolute atomic E-state index is 14.1. The van der Waals surface area contributed by atoms with Gasteiger partial charge in [-0.3, -0.25) is 15.1 Å². The van der Waals surface area contributed by atoms with Crippen LogP contribution < -0.4 is 15.2 Å². The first-order valence-electron chi connectivity index (χ1n) is 12.4. The Balaban J connectivity index is 1.37. The number of nitrogens with one attached hydrogen (secondary N) is 1. The first kappa shape index (κ1) is 22.4. The molecule has 0 radical (unpaired) electrons. The normalized spacial score (nSPS) is 31.3. The highest BCUT2D eigenvalue weighted by Gasteiger charge is 2.64. The molecule has 6 atom stereocenters. The van der Waals surface area contributed by atoms with E-state index in [0.29, 0.717) is 25.1 Å². The van der Waals surface area contributed by atoms with Crippen LogP contribution >= 0.6 is 0 Å². The number of hydrogen-bond donors (Lipinski definition) is 3. The Hall–Kier alpha value is -3.10. The van der Waals surface area contributed by atoms with E-state index in [0.717, 1.165) is 22.6 Å². The molecule has 0 bridgehead atoms. The van der Waals surface area contributed by atoms with E-state index >= 15 is 0 Å². The van der Waals surface area contributed by atoms with Crippen LogP contribution in [-0.4, -0.2) is 58.2 Å².